The number of amides is 1. The molecule has 0 unspecified atom stereocenters. The van der Waals surface area contributed by atoms with Gasteiger partial charge in [-0.2, -0.15) is 0 Å². The minimum Gasteiger partial charge on any atom is -0.485 e. The van der Waals surface area contributed by atoms with Crippen LogP contribution >= 0.6 is 11.8 Å². The number of piperidine rings is 1. The number of ether oxygens (including phenoxy) is 1. The van der Waals surface area contributed by atoms with Crippen LogP contribution in [0.4, 0.5) is 0 Å². The predicted molar refractivity (Wildman–Crippen MR) is 137 cm³/mol. The van der Waals surface area contributed by atoms with Crippen molar-refractivity contribution in [2.45, 2.75) is 50.2 Å². The lowest BCUT2D eigenvalue weighted by molar-refractivity contribution is -0.131. The van der Waals surface area contributed by atoms with Crippen LogP contribution in [-0.4, -0.2) is 43.9 Å². The van der Waals surface area contributed by atoms with Gasteiger partial charge < -0.3 is 9.64 Å². The average molecular weight is 477 g/mol. The molecule has 0 radical (unpaired) electrons. The molecule has 0 spiro atoms. The lowest BCUT2D eigenvalue weighted by atomic mass is 9.99. The van der Waals surface area contributed by atoms with Crippen molar-refractivity contribution in [3.05, 3.63) is 73.1 Å². The molecule has 6 nitrogen and oxygen atoms in total. The first-order valence-electron chi connectivity index (χ1n) is 11.8. The van der Waals surface area contributed by atoms with Crippen LogP contribution in [0.1, 0.15) is 32.5 Å². The summed E-state index contributed by atoms with van der Waals surface area (Å²) >= 11 is 1.45. The van der Waals surface area contributed by atoms with Gasteiger partial charge in [0.25, 0.3) is 0 Å². The number of para-hydroxylation sites is 1. The molecule has 1 fully saturated rings. The second kappa shape index (κ2) is 11.4. The van der Waals surface area contributed by atoms with Gasteiger partial charge in [-0.3, -0.25) is 9.36 Å². The van der Waals surface area contributed by atoms with Crippen molar-refractivity contribution in [3.63, 3.8) is 0 Å². The highest BCUT2D eigenvalue weighted by atomic mass is 32.2. The molecule has 178 valence electrons. The molecule has 0 aliphatic carbocycles. The minimum absolute atomic E-state index is 0.166. The van der Waals surface area contributed by atoms with Crippen LogP contribution in [0.3, 0.4) is 0 Å². The molecule has 3 aromatic rings. The minimum atomic E-state index is -0.228. The Labute approximate surface area is 206 Å². The maximum absolute atomic E-state index is 13.0. The SMILES string of the molecule is C=CCn1c(COc2ccccc2-c2ccccc2)nnc1S[C@H](C)C(=O)N1CCC(C)CC1. The summed E-state index contributed by atoms with van der Waals surface area (Å²) in [5.41, 5.74) is 2.13. The van der Waals surface area contributed by atoms with Crippen molar-refractivity contribution in [1.82, 2.24) is 19.7 Å². The second-order valence-corrected chi connectivity index (χ2v) is 10.0. The summed E-state index contributed by atoms with van der Waals surface area (Å²) in [7, 11) is 0. The molecule has 1 atom stereocenters. The standard InChI is InChI=1S/C27H32N4O2S/c1-4-16-31-25(19-33-24-13-9-8-12-23(24)22-10-6-5-7-11-22)28-29-27(31)34-21(3)26(32)30-17-14-20(2)15-18-30/h4-13,20-21H,1,14-19H2,2-3H3/t21-/m1/s1. The summed E-state index contributed by atoms with van der Waals surface area (Å²) in [5.74, 6) is 2.35. The van der Waals surface area contributed by atoms with E-state index in [9.17, 15) is 4.79 Å². The average Bonchev–Trinajstić information content (AvgIpc) is 3.24. The first-order valence-corrected chi connectivity index (χ1v) is 12.7. The van der Waals surface area contributed by atoms with E-state index in [1.54, 1.807) is 0 Å². The molecule has 0 N–H and O–H groups in total. The van der Waals surface area contributed by atoms with Crippen LogP contribution in [0.2, 0.25) is 0 Å². The van der Waals surface area contributed by atoms with Gasteiger partial charge in [-0.1, -0.05) is 73.3 Å². The van der Waals surface area contributed by atoms with Crippen molar-refractivity contribution < 1.29 is 9.53 Å². The fourth-order valence-corrected chi connectivity index (χ4v) is 5.07. The van der Waals surface area contributed by atoms with Gasteiger partial charge in [0, 0.05) is 25.2 Å². The van der Waals surface area contributed by atoms with Gasteiger partial charge in [0.05, 0.1) is 5.25 Å². The third kappa shape index (κ3) is 5.70. The number of allylic oxidation sites excluding steroid dienone is 1. The van der Waals surface area contributed by atoms with Crippen LogP contribution in [-0.2, 0) is 17.9 Å². The Bertz CT molecular complexity index is 1110. The van der Waals surface area contributed by atoms with Gasteiger partial charge in [0.2, 0.25) is 5.91 Å². The van der Waals surface area contributed by atoms with Gasteiger partial charge in [-0.25, -0.2) is 0 Å². The van der Waals surface area contributed by atoms with Crippen molar-refractivity contribution in [2.24, 2.45) is 5.92 Å². The van der Waals surface area contributed by atoms with E-state index in [0.717, 1.165) is 42.8 Å². The maximum Gasteiger partial charge on any atom is 0.235 e. The smallest absolute Gasteiger partial charge is 0.235 e. The van der Waals surface area contributed by atoms with Crippen LogP contribution in [0.5, 0.6) is 5.75 Å². The van der Waals surface area contributed by atoms with Crippen LogP contribution in [0.25, 0.3) is 11.1 Å². The van der Waals surface area contributed by atoms with Gasteiger partial charge in [0.15, 0.2) is 11.0 Å². The fourth-order valence-electron chi connectivity index (χ4n) is 4.11. The van der Waals surface area contributed by atoms with E-state index in [1.165, 1.54) is 11.8 Å². The number of likely N-dealkylation sites (tertiary alicyclic amines) is 1. The molecule has 2 heterocycles. The van der Waals surface area contributed by atoms with E-state index < -0.39 is 0 Å². The molecule has 2 aromatic carbocycles. The first-order chi connectivity index (χ1) is 16.6. The zero-order valence-electron chi connectivity index (χ0n) is 19.9. The molecule has 34 heavy (non-hydrogen) atoms. The monoisotopic (exact) mass is 476 g/mol. The Hall–Kier alpha value is -3.06. The first kappa shape index (κ1) is 24.1. The van der Waals surface area contributed by atoms with Crippen molar-refractivity contribution in [3.8, 4) is 16.9 Å². The highest BCUT2D eigenvalue weighted by Gasteiger charge is 2.27. The van der Waals surface area contributed by atoms with Gasteiger partial charge in [-0.15, -0.1) is 16.8 Å². The maximum atomic E-state index is 13.0. The Morgan fingerprint density at radius 1 is 1.15 bits per heavy atom. The predicted octanol–water partition coefficient (Wildman–Crippen LogP) is 5.45. The molecule has 1 aromatic heterocycles. The molecule has 7 heteroatoms. The Morgan fingerprint density at radius 2 is 1.85 bits per heavy atom. The number of nitrogens with zero attached hydrogens (tertiary/aromatic N) is 4. The van der Waals surface area contributed by atoms with Crippen LogP contribution in [0, 0.1) is 5.92 Å². The summed E-state index contributed by atoms with van der Waals surface area (Å²) in [6, 6.07) is 18.2. The number of rotatable bonds is 9. The van der Waals surface area contributed by atoms with E-state index in [-0.39, 0.29) is 17.8 Å². The Kier molecular flexibility index (Phi) is 8.06. The number of hydrogen-bond acceptors (Lipinski definition) is 5. The highest BCUT2D eigenvalue weighted by Crippen LogP contribution is 2.31. The van der Waals surface area contributed by atoms with Crippen molar-refractivity contribution in [1.29, 1.82) is 0 Å². The lowest BCUT2D eigenvalue weighted by Gasteiger charge is -2.31. The van der Waals surface area contributed by atoms with E-state index >= 15 is 0 Å². The zero-order chi connectivity index (χ0) is 23.9. The number of aromatic nitrogens is 3. The molecule has 1 saturated heterocycles. The summed E-state index contributed by atoms with van der Waals surface area (Å²) in [4.78, 5) is 15.0. The van der Waals surface area contributed by atoms with Gasteiger partial charge >= 0.3 is 0 Å². The summed E-state index contributed by atoms with van der Waals surface area (Å²) in [6.45, 7) is 10.6. The third-order valence-corrected chi connectivity index (χ3v) is 7.23. The third-order valence-electron chi connectivity index (χ3n) is 6.16. The zero-order valence-corrected chi connectivity index (χ0v) is 20.7. The number of hydrogen-bond donors (Lipinski definition) is 0. The van der Waals surface area contributed by atoms with E-state index in [4.69, 9.17) is 4.74 Å². The number of carbonyl (C=O) groups is 1. The number of carbonyl (C=O) groups excluding carboxylic acids is 1. The van der Waals surface area contributed by atoms with Gasteiger partial charge in [0.1, 0.15) is 12.4 Å². The normalized spacial score (nSPS) is 15.2. The van der Waals surface area contributed by atoms with Crippen molar-refractivity contribution >= 4 is 17.7 Å². The quantitative estimate of drug-likeness (QED) is 0.304. The molecule has 0 saturated carbocycles. The molecule has 1 amide bonds. The summed E-state index contributed by atoms with van der Waals surface area (Å²) in [5, 5.41) is 9.25. The van der Waals surface area contributed by atoms with Crippen LogP contribution in [0.15, 0.2) is 72.4 Å². The molecule has 4 rings (SSSR count). The largest absolute Gasteiger partial charge is 0.485 e. The summed E-state index contributed by atoms with van der Waals surface area (Å²) in [6.07, 6.45) is 3.96. The second-order valence-electron chi connectivity index (χ2n) is 8.72. The highest BCUT2D eigenvalue weighted by molar-refractivity contribution is 8.00. The lowest BCUT2D eigenvalue weighted by Crippen LogP contribution is -2.41. The number of thioether (sulfide) groups is 1. The Morgan fingerprint density at radius 3 is 2.59 bits per heavy atom. The van der Waals surface area contributed by atoms with E-state index in [0.29, 0.717) is 23.4 Å². The number of benzene rings is 2. The molecular weight excluding hydrogens is 444 g/mol. The van der Waals surface area contributed by atoms with Crippen LogP contribution < -0.4 is 4.74 Å². The van der Waals surface area contributed by atoms with Crippen molar-refractivity contribution in [2.75, 3.05) is 13.1 Å². The summed E-state index contributed by atoms with van der Waals surface area (Å²) < 4.78 is 8.17. The van der Waals surface area contributed by atoms with E-state index in [2.05, 4.69) is 41.9 Å². The van der Waals surface area contributed by atoms with Gasteiger partial charge in [-0.05, 0) is 37.3 Å². The topological polar surface area (TPSA) is 60.2 Å². The van der Waals surface area contributed by atoms with E-state index in [1.807, 2.05) is 58.9 Å². The molecule has 0 bridgehead atoms. The Balaban J connectivity index is 1.46. The molecule has 1 aliphatic rings. The molecule has 1 aliphatic heterocycles. The molecular formula is C27H32N4O2S. The fraction of sp³-hybridized carbons (Fsp3) is 0.370.